The van der Waals surface area contributed by atoms with E-state index in [9.17, 15) is 18.0 Å². The van der Waals surface area contributed by atoms with Gasteiger partial charge in [-0.3, -0.25) is 13.9 Å². The van der Waals surface area contributed by atoms with E-state index in [1.165, 1.54) is 17.0 Å². The van der Waals surface area contributed by atoms with Crippen molar-refractivity contribution in [3.8, 4) is 0 Å². The highest BCUT2D eigenvalue weighted by Gasteiger charge is 2.34. The van der Waals surface area contributed by atoms with Crippen molar-refractivity contribution in [1.29, 1.82) is 0 Å². The van der Waals surface area contributed by atoms with Crippen LogP contribution in [-0.4, -0.2) is 44.3 Å². The Hall–Kier alpha value is -3.47. The summed E-state index contributed by atoms with van der Waals surface area (Å²) in [6, 6.07) is 29.4. The monoisotopic (exact) mass is 753 g/mol. The Morgan fingerprint density at radius 3 is 2.07 bits per heavy atom. The van der Waals surface area contributed by atoms with Crippen molar-refractivity contribution in [2.45, 2.75) is 44.7 Å². The minimum atomic E-state index is -4.16. The first-order valence-corrected chi connectivity index (χ1v) is 17.7. The van der Waals surface area contributed by atoms with Gasteiger partial charge in [-0.15, -0.1) is 0 Å². The second-order valence-corrected chi connectivity index (χ2v) is 15.0. The van der Waals surface area contributed by atoms with E-state index < -0.39 is 28.5 Å². The van der Waals surface area contributed by atoms with Crippen LogP contribution in [0.1, 0.15) is 30.5 Å². The van der Waals surface area contributed by atoms with Gasteiger partial charge in [0.1, 0.15) is 12.6 Å². The highest BCUT2D eigenvalue weighted by molar-refractivity contribution is 9.10. The molecule has 0 aliphatic carbocycles. The van der Waals surface area contributed by atoms with Gasteiger partial charge >= 0.3 is 0 Å². The first-order valence-electron chi connectivity index (χ1n) is 14.6. The zero-order chi connectivity index (χ0) is 32.6. The van der Waals surface area contributed by atoms with Crippen LogP contribution in [0.3, 0.4) is 0 Å². The molecule has 0 aliphatic heterocycles. The zero-order valence-electron chi connectivity index (χ0n) is 25.5. The molecule has 0 aliphatic rings. The van der Waals surface area contributed by atoms with Gasteiger partial charge in [-0.25, -0.2) is 8.42 Å². The van der Waals surface area contributed by atoms with Crippen LogP contribution in [0.15, 0.2) is 117 Å². The zero-order valence-corrected chi connectivity index (χ0v) is 29.5. The van der Waals surface area contributed by atoms with Gasteiger partial charge in [0.25, 0.3) is 10.0 Å². The maximum Gasteiger partial charge on any atom is 0.264 e. The standard InChI is InChI=1S/C35H37Br2N3O4S/c1-25(2)22-38-35(42)33(21-27-8-5-4-6-9-27)39(23-28-10-7-11-30(37)20-28)34(41)24-40(31-16-14-29(36)15-17-31)45(43,44)32-18-12-26(3)13-19-32/h4-20,25,33H,21-24H2,1-3H3,(H,38,42)/t33-/m0/s1. The van der Waals surface area contributed by atoms with Crippen LogP contribution in [0.5, 0.6) is 0 Å². The first kappa shape index (κ1) is 34.4. The molecule has 0 aromatic heterocycles. The highest BCUT2D eigenvalue weighted by Crippen LogP contribution is 2.27. The molecule has 4 aromatic rings. The van der Waals surface area contributed by atoms with Crippen LogP contribution < -0.4 is 9.62 Å². The average molecular weight is 756 g/mol. The summed E-state index contributed by atoms with van der Waals surface area (Å²) >= 11 is 6.92. The third-order valence-corrected chi connectivity index (χ3v) is 10.0. The molecule has 45 heavy (non-hydrogen) atoms. The number of halogens is 2. The van der Waals surface area contributed by atoms with E-state index >= 15 is 0 Å². The Morgan fingerprint density at radius 1 is 0.800 bits per heavy atom. The van der Waals surface area contributed by atoms with Crippen LogP contribution in [0.2, 0.25) is 0 Å². The van der Waals surface area contributed by atoms with E-state index in [-0.39, 0.29) is 29.7 Å². The topological polar surface area (TPSA) is 86.8 Å². The molecule has 0 heterocycles. The van der Waals surface area contributed by atoms with Gasteiger partial charge in [0.2, 0.25) is 11.8 Å². The molecule has 7 nitrogen and oxygen atoms in total. The Morgan fingerprint density at radius 2 is 1.44 bits per heavy atom. The molecule has 0 fully saturated rings. The summed E-state index contributed by atoms with van der Waals surface area (Å²) in [5, 5.41) is 3.01. The molecule has 4 rings (SSSR count). The number of carbonyl (C=O) groups is 2. The number of nitrogens with zero attached hydrogens (tertiary/aromatic N) is 2. The Labute approximate surface area is 283 Å². The van der Waals surface area contributed by atoms with E-state index in [1.807, 2.05) is 75.4 Å². The minimum Gasteiger partial charge on any atom is -0.354 e. The van der Waals surface area contributed by atoms with Gasteiger partial charge < -0.3 is 10.2 Å². The Balaban J connectivity index is 1.79. The fourth-order valence-corrected chi connectivity index (χ4v) is 6.91. The van der Waals surface area contributed by atoms with E-state index in [0.717, 1.165) is 29.9 Å². The maximum atomic E-state index is 14.5. The number of aryl methyl sites for hydroxylation is 1. The molecule has 1 N–H and O–H groups in total. The number of nitrogens with one attached hydrogen (secondary N) is 1. The van der Waals surface area contributed by atoms with Crippen LogP contribution in [0, 0.1) is 12.8 Å². The first-order chi connectivity index (χ1) is 21.4. The molecule has 1 atom stereocenters. The number of hydrogen-bond donors (Lipinski definition) is 1. The summed E-state index contributed by atoms with van der Waals surface area (Å²) in [7, 11) is -4.16. The van der Waals surface area contributed by atoms with Crippen LogP contribution in [0.4, 0.5) is 5.69 Å². The van der Waals surface area contributed by atoms with Gasteiger partial charge in [0.05, 0.1) is 10.6 Å². The van der Waals surface area contributed by atoms with E-state index in [2.05, 4.69) is 37.2 Å². The van der Waals surface area contributed by atoms with Crippen molar-refractivity contribution in [2.24, 2.45) is 5.92 Å². The van der Waals surface area contributed by atoms with Gasteiger partial charge in [-0.1, -0.05) is 106 Å². The number of benzene rings is 4. The van der Waals surface area contributed by atoms with Gasteiger partial charge in [-0.05, 0) is 72.5 Å². The molecule has 10 heteroatoms. The third kappa shape index (κ3) is 9.51. The molecule has 0 saturated carbocycles. The quantitative estimate of drug-likeness (QED) is 0.158. The molecular weight excluding hydrogens is 718 g/mol. The number of carbonyl (C=O) groups excluding carboxylic acids is 2. The number of rotatable bonds is 13. The molecule has 0 bridgehead atoms. The molecular formula is C35H37Br2N3O4S. The SMILES string of the molecule is Cc1ccc(S(=O)(=O)N(CC(=O)N(Cc2cccc(Br)c2)[C@@H](Cc2ccccc2)C(=O)NCC(C)C)c2ccc(Br)cc2)cc1. The third-order valence-electron chi connectivity index (χ3n) is 7.20. The van der Waals surface area contributed by atoms with Crippen molar-refractivity contribution in [2.75, 3.05) is 17.4 Å². The second-order valence-electron chi connectivity index (χ2n) is 11.3. The van der Waals surface area contributed by atoms with Crippen LogP contribution >= 0.6 is 31.9 Å². The molecule has 2 amide bonds. The van der Waals surface area contributed by atoms with Crippen molar-refractivity contribution in [3.05, 3.63) is 129 Å². The fraction of sp³-hybridized carbons (Fsp3) is 0.257. The highest BCUT2D eigenvalue weighted by atomic mass is 79.9. The lowest BCUT2D eigenvalue weighted by atomic mass is 10.0. The Bertz CT molecular complexity index is 1700. The lowest BCUT2D eigenvalue weighted by Crippen LogP contribution is -2.53. The summed E-state index contributed by atoms with van der Waals surface area (Å²) < 4.78 is 31.0. The second kappa shape index (κ2) is 15.7. The predicted molar refractivity (Wildman–Crippen MR) is 186 cm³/mol. The number of sulfonamides is 1. The van der Waals surface area contributed by atoms with Gasteiger partial charge in [0.15, 0.2) is 0 Å². The Kier molecular flexibility index (Phi) is 12.0. The van der Waals surface area contributed by atoms with Crippen molar-refractivity contribution >= 4 is 59.4 Å². The fourth-order valence-electron chi connectivity index (χ4n) is 4.78. The van der Waals surface area contributed by atoms with Gasteiger partial charge in [0, 0.05) is 28.5 Å². The molecule has 4 aromatic carbocycles. The lowest BCUT2D eigenvalue weighted by Gasteiger charge is -2.34. The lowest BCUT2D eigenvalue weighted by molar-refractivity contribution is -0.140. The van der Waals surface area contributed by atoms with Gasteiger partial charge in [-0.2, -0.15) is 0 Å². The van der Waals surface area contributed by atoms with Crippen LogP contribution in [-0.2, 0) is 32.6 Å². The normalized spacial score (nSPS) is 12.0. The molecule has 0 unspecified atom stereocenters. The minimum absolute atomic E-state index is 0.0675. The summed E-state index contributed by atoms with van der Waals surface area (Å²) in [4.78, 5) is 29.9. The average Bonchev–Trinajstić information content (AvgIpc) is 3.01. The molecule has 236 valence electrons. The van der Waals surface area contributed by atoms with Crippen LogP contribution in [0.25, 0.3) is 0 Å². The summed E-state index contributed by atoms with van der Waals surface area (Å²) in [5.41, 5.74) is 2.92. The van der Waals surface area contributed by atoms with E-state index in [0.29, 0.717) is 12.2 Å². The van der Waals surface area contributed by atoms with E-state index in [1.54, 1.807) is 36.4 Å². The van der Waals surface area contributed by atoms with Crippen molar-refractivity contribution in [1.82, 2.24) is 10.2 Å². The number of anilines is 1. The largest absolute Gasteiger partial charge is 0.354 e. The maximum absolute atomic E-state index is 14.5. The predicted octanol–water partition coefficient (Wildman–Crippen LogP) is 7.13. The number of hydrogen-bond acceptors (Lipinski definition) is 4. The summed E-state index contributed by atoms with van der Waals surface area (Å²) in [6.45, 7) is 5.92. The van der Waals surface area contributed by atoms with E-state index in [4.69, 9.17) is 0 Å². The smallest absolute Gasteiger partial charge is 0.264 e. The van der Waals surface area contributed by atoms with Crippen molar-refractivity contribution < 1.29 is 18.0 Å². The number of amides is 2. The summed E-state index contributed by atoms with van der Waals surface area (Å²) in [6.07, 6.45) is 0.257. The summed E-state index contributed by atoms with van der Waals surface area (Å²) in [5.74, 6) is -0.602. The van der Waals surface area contributed by atoms with Crippen molar-refractivity contribution in [3.63, 3.8) is 0 Å². The molecule has 0 spiro atoms. The molecule has 0 saturated heterocycles. The molecule has 0 radical (unpaired) electrons.